The van der Waals surface area contributed by atoms with Crippen molar-refractivity contribution in [2.75, 3.05) is 6.61 Å². The van der Waals surface area contributed by atoms with Crippen LogP contribution >= 0.6 is 11.6 Å². The van der Waals surface area contributed by atoms with E-state index in [0.717, 1.165) is 0 Å². The van der Waals surface area contributed by atoms with Crippen LogP contribution < -0.4 is 0 Å². The van der Waals surface area contributed by atoms with Gasteiger partial charge in [-0.1, -0.05) is 11.6 Å². The minimum Gasteiger partial charge on any atom is -0.462 e. The average Bonchev–Trinajstić information content (AvgIpc) is 2.38. The van der Waals surface area contributed by atoms with Gasteiger partial charge in [0, 0.05) is 11.6 Å². The molecule has 1 aromatic heterocycles. The van der Waals surface area contributed by atoms with E-state index < -0.39 is 5.97 Å². The summed E-state index contributed by atoms with van der Waals surface area (Å²) in [5, 5.41) is 0.878. The van der Waals surface area contributed by atoms with Gasteiger partial charge in [-0.15, -0.1) is 0 Å². The molecular formula is C14H12ClNO3. The molecule has 98 valence electrons. The Morgan fingerprint density at radius 3 is 2.74 bits per heavy atom. The number of fused-ring (bicyclic) bond motifs is 1. The molecule has 2 aromatic rings. The molecule has 0 radical (unpaired) electrons. The van der Waals surface area contributed by atoms with Crippen molar-refractivity contribution in [1.29, 1.82) is 0 Å². The number of halogens is 1. The van der Waals surface area contributed by atoms with Crippen LogP contribution in [0.15, 0.2) is 24.4 Å². The topological polar surface area (TPSA) is 56.3 Å². The Hall–Kier alpha value is -1.94. The fourth-order valence-corrected chi connectivity index (χ4v) is 2.08. The molecule has 1 heterocycles. The Balaban J connectivity index is 2.60. The molecule has 0 amide bonds. The summed E-state index contributed by atoms with van der Waals surface area (Å²) >= 11 is 6.18. The Bertz CT molecular complexity index is 667. The van der Waals surface area contributed by atoms with E-state index in [1.54, 1.807) is 25.1 Å². The molecule has 0 aliphatic heterocycles. The van der Waals surface area contributed by atoms with Crippen LogP contribution in [0.2, 0.25) is 5.02 Å². The summed E-state index contributed by atoms with van der Waals surface area (Å²) in [6.45, 7) is 3.46. The van der Waals surface area contributed by atoms with Crippen LogP contribution in [0.25, 0.3) is 10.9 Å². The maximum atomic E-state index is 11.7. The maximum Gasteiger partial charge on any atom is 0.338 e. The first-order valence-corrected chi connectivity index (χ1v) is 6.18. The van der Waals surface area contributed by atoms with Crippen LogP contribution in [0.5, 0.6) is 0 Å². The fourth-order valence-electron chi connectivity index (χ4n) is 1.75. The highest BCUT2D eigenvalue weighted by Crippen LogP contribution is 2.27. The van der Waals surface area contributed by atoms with Crippen molar-refractivity contribution >= 4 is 34.3 Å². The molecule has 2 rings (SSSR count). The number of benzene rings is 1. The number of carbonyl (C=O) groups excluding carboxylic acids is 2. The van der Waals surface area contributed by atoms with Crippen molar-refractivity contribution < 1.29 is 14.3 Å². The van der Waals surface area contributed by atoms with Crippen molar-refractivity contribution in [1.82, 2.24) is 4.98 Å². The van der Waals surface area contributed by atoms with E-state index in [0.29, 0.717) is 33.7 Å². The standard InChI is InChI=1S/C14H12ClNO3/c1-3-19-14(18)9-4-5-12-10(6-9)13(15)11(7-16-12)8(2)17/h4-7H,3H2,1-2H3. The number of nitrogens with zero attached hydrogens (tertiary/aromatic N) is 1. The molecule has 0 saturated carbocycles. The van der Waals surface area contributed by atoms with Crippen molar-refractivity contribution in [3.63, 3.8) is 0 Å². The highest BCUT2D eigenvalue weighted by molar-refractivity contribution is 6.38. The van der Waals surface area contributed by atoms with Gasteiger partial charge >= 0.3 is 5.97 Å². The third kappa shape index (κ3) is 2.58. The third-order valence-corrected chi connectivity index (χ3v) is 3.10. The number of esters is 1. The lowest BCUT2D eigenvalue weighted by Crippen LogP contribution is -2.04. The zero-order valence-electron chi connectivity index (χ0n) is 10.6. The minimum absolute atomic E-state index is 0.166. The third-order valence-electron chi connectivity index (χ3n) is 2.69. The van der Waals surface area contributed by atoms with Crippen molar-refractivity contribution in [3.8, 4) is 0 Å². The first kappa shape index (κ1) is 13.5. The molecule has 0 spiro atoms. The number of carbonyl (C=O) groups is 2. The largest absolute Gasteiger partial charge is 0.462 e. The summed E-state index contributed by atoms with van der Waals surface area (Å²) in [6, 6.07) is 4.89. The number of ketones is 1. The molecule has 19 heavy (non-hydrogen) atoms. The highest BCUT2D eigenvalue weighted by atomic mass is 35.5. The number of hydrogen-bond acceptors (Lipinski definition) is 4. The highest BCUT2D eigenvalue weighted by Gasteiger charge is 2.13. The van der Waals surface area contributed by atoms with Crippen LogP contribution in [0.3, 0.4) is 0 Å². The smallest absolute Gasteiger partial charge is 0.338 e. The lowest BCUT2D eigenvalue weighted by atomic mass is 10.1. The Morgan fingerprint density at radius 2 is 2.11 bits per heavy atom. The van der Waals surface area contributed by atoms with E-state index in [9.17, 15) is 9.59 Å². The van der Waals surface area contributed by atoms with Gasteiger partial charge in [-0.2, -0.15) is 0 Å². The van der Waals surface area contributed by atoms with Gasteiger partial charge in [0.2, 0.25) is 0 Å². The molecule has 0 saturated heterocycles. The van der Waals surface area contributed by atoms with E-state index in [-0.39, 0.29) is 5.78 Å². The molecule has 0 atom stereocenters. The summed E-state index contributed by atoms with van der Waals surface area (Å²) in [4.78, 5) is 27.2. The summed E-state index contributed by atoms with van der Waals surface area (Å²) in [5.74, 6) is -0.588. The Morgan fingerprint density at radius 1 is 1.37 bits per heavy atom. The predicted molar refractivity (Wildman–Crippen MR) is 72.7 cm³/mol. The Labute approximate surface area is 115 Å². The van der Waals surface area contributed by atoms with Gasteiger partial charge in [-0.25, -0.2) is 4.79 Å². The second-order valence-electron chi connectivity index (χ2n) is 3.99. The van der Waals surface area contributed by atoms with E-state index in [4.69, 9.17) is 16.3 Å². The van der Waals surface area contributed by atoms with E-state index >= 15 is 0 Å². The monoisotopic (exact) mass is 277 g/mol. The van der Waals surface area contributed by atoms with Crippen LogP contribution in [-0.2, 0) is 4.74 Å². The minimum atomic E-state index is -0.423. The molecule has 0 aliphatic rings. The van der Waals surface area contributed by atoms with Crippen LogP contribution in [0.1, 0.15) is 34.6 Å². The van der Waals surface area contributed by atoms with Crippen molar-refractivity contribution in [2.45, 2.75) is 13.8 Å². The van der Waals surface area contributed by atoms with Crippen LogP contribution in [0, 0.1) is 0 Å². The molecule has 0 unspecified atom stereocenters. The number of ether oxygens (including phenoxy) is 1. The van der Waals surface area contributed by atoms with Crippen LogP contribution in [-0.4, -0.2) is 23.3 Å². The Kier molecular flexibility index (Phi) is 3.81. The summed E-state index contributed by atoms with van der Waals surface area (Å²) in [7, 11) is 0. The number of pyridine rings is 1. The van der Waals surface area contributed by atoms with Crippen molar-refractivity contribution in [3.05, 3.63) is 40.5 Å². The molecule has 1 aromatic carbocycles. The van der Waals surface area contributed by atoms with E-state index in [2.05, 4.69) is 4.98 Å². The summed E-state index contributed by atoms with van der Waals surface area (Å²) in [6.07, 6.45) is 1.44. The summed E-state index contributed by atoms with van der Waals surface area (Å²) < 4.78 is 4.93. The average molecular weight is 278 g/mol. The van der Waals surface area contributed by atoms with Crippen molar-refractivity contribution in [2.24, 2.45) is 0 Å². The first-order chi connectivity index (χ1) is 9.04. The second kappa shape index (κ2) is 5.36. The van der Waals surface area contributed by atoms with Gasteiger partial charge in [0.15, 0.2) is 5.78 Å². The summed E-state index contributed by atoms with van der Waals surface area (Å²) in [5.41, 5.74) is 1.36. The zero-order valence-corrected chi connectivity index (χ0v) is 11.3. The molecule has 0 N–H and O–H groups in total. The number of aromatic nitrogens is 1. The van der Waals surface area contributed by atoms with Gasteiger partial charge in [-0.05, 0) is 32.0 Å². The normalized spacial score (nSPS) is 10.5. The van der Waals surface area contributed by atoms with Gasteiger partial charge in [-0.3, -0.25) is 9.78 Å². The lowest BCUT2D eigenvalue weighted by molar-refractivity contribution is 0.0526. The van der Waals surface area contributed by atoms with Gasteiger partial charge in [0.25, 0.3) is 0 Å². The lowest BCUT2D eigenvalue weighted by Gasteiger charge is -2.06. The molecule has 0 bridgehead atoms. The fraction of sp³-hybridized carbons (Fsp3) is 0.214. The second-order valence-corrected chi connectivity index (χ2v) is 4.37. The van der Waals surface area contributed by atoms with Gasteiger partial charge < -0.3 is 4.74 Å². The molecule has 0 fully saturated rings. The van der Waals surface area contributed by atoms with E-state index in [1.807, 2.05) is 0 Å². The zero-order chi connectivity index (χ0) is 14.0. The molecular weight excluding hydrogens is 266 g/mol. The number of rotatable bonds is 3. The maximum absolute atomic E-state index is 11.7. The van der Waals surface area contributed by atoms with Gasteiger partial charge in [0.05, 0.1) is 28.3 Å². The molecule has 0 aliphatic carbocycles. The number of Topliss-reactive ketones (excluding diaryl/α,β-unsaturated/α-hetero) is 1. The quantitative estimate of drug-likeness (QED) is 0.638. The first-order valence-electron chi connectivity index (χ1n) is 5.81. The molecule has 4 nitrogen and oxygen atoms in total. The molecule has 5 heteroatoms. The van der Waals surface area contributed by atoms with E-state index in [1.165, 1.54) is 13.1 Å². The number of hydrogen-bond donors (Lipinski definition) is 0. The van der Waals surface area contributed by atoms with Gasteiger partial charge in [0.1, 0.15) is 0 Å². The predicted octanol–water partition coefficient (Wildman–Crippen LogP) is 3.27. The van der Waals surface area contributed by atoms with Crippen LogP contribution in [0.4, 0.5) is 0 Å². The SMILES string of the molecule is CCOC(=O)c1ccc2ncc(C(C)=O)c(Cl)c2c1.